The Balaban J connectivity index is 2.46. The molecule has 0 bridgehead atoms. The van der Waals surface area contributed by atoms with E-state index in [1.165, 1.54) is 17.3 Å². The Morgan fingerprint density at radius 3 is 2.90 bits per heavy atom. The SMILES string of the molecule is CCC(C)Cn1c(SCC(=O)O)nc2cccc(C)c21. The number of thioether (sulfide) groups is 1. The molecule has 0 fully saturated rings. The molecule has 0 saturated heterocycles. The Bertz CT molecular complexity index is 622. The molecular formula is C15H20N2O2S. The van der Waals surface area contributed by atoms with E-state index in [1.807, 2.05) is 12.1 Å². The van der Waals surface area contributed by atoms with E-state index in [2.05, 4.69) is 36.4 Å². The second-order valence-electron chi connectivity index (χ2n) is 5.14. The van der Waals surface area contributed by atoms with Crippen LogP contribution in [0, 0.1) is 12.8 Å². The van der Waals surface area contributed by atoms with Crippen molar-refractivity contribution in [2.24, 2.45) is 5.92 Å². The van der Waals surface area contributed by atoms with Crippen molar-refractivity contribution in [1.82, 2.24) is 9.55 Å². The normalized spacial score (nSPS) is 12.8. The van der Waals surface area contributed by atoms with E-state index in [4.69, 9.17) is 5.11 Å². The maximum absolute atomic E-state index is 10.8. The van der Waals surface area contributed by atoms with Gasteiger partial charge < -0.3 is 9.67 Å². The molecule has 5 heteroatoms. The quantitative estimate of drug-likeness (QED) is 0.827. The van der Waals surface area contributed by atoms with Crippen LogP contribution >= 0.6 is 11.8 Å². The van der Waals surface area contributed by atoms with Crippen molar-refractivity contribution in [2.45, 2.75) is 38.9 Å². The first-order valence-corrected chi connectivity index (χ1v) is 7.82. The molecule has 1 atom stereocenters. The van der Waals surface area contributed by atoms with Crippen LogP contribution in [0.25, 0.3) is 11.0 Å². The van der Waals surface area contributed by atoms with E-state index < -0.39 is 5.97 Å². The number of hydrogen-bond donors (Lipinski definition) is 1. The number of benzene rings is 1. The lowest BCUT2D eigenvalue weighted by Crippen LogP contribution is -2.09. The topological polar surface area (TPSA) is 55.1 Å². The predicted molar refractivity (Wildman–Crippen MR) is 82.3 cm³/mol. The molecule has 0 amide bonds. The number of aryl methyl sites for hydroxylation is 1. The van der Waals surface area contributed by atoms with Gasteiger partial charge in [0.15, 0.2) is 5.16 Å². The molecule has 1 N–H and O–H groups in total. The zero-order chi connectivity index (χ0) is 14.7. The van der Waals surface area contributed by atoms with Gasteiger partial charge in [-0.05, 0) is 24.5 Å². The number of imidazole rings is 1. The van der Waals surface area contributed by atoms with Gasteiger partial charge in [-0.15, -0.1) is 0 Å². The Labute approximate surface area is 123 Å². The van der Waals surface area contributed by atoms with Crippen LogP contribution in [0.5, 0.6) is 0 Å². The summed E-state index contributed by atoms with van der Waals surface area (Å²) in [5, 5.41) is 9.67. The van der Waals surface area contributed by atoms with Gasteiger partial charge in [-0.3, -0.25) is 4.79 Å². The molecule has 0 radical (unpaired) electrons. The second-order valence-corrected chi connectivity index (χ2v) is 6.09. The fraction of sp³-hybridized carbons (Fsp3) is 0.467. The molecule has 1 unspecified atom stereocenters. The summed E-state index contributed by atoms with van der Waals surface area (Å²) in [7, 11) is 0. The summed E-state index contributed by atoms with van der Waals surface area (Å²) in [5.74, 6) is -0.229. The number of rotatable bonds is 6. The van der Waals surface area contributed by atoms with Crippen LogP contribution in [-0.4, -0.2) is 26.4 Å². The Morgan fingerprint density at radius 2 is 2.25 bits per heavy atom. The minimum Gasteiger partial charge on any atom is -0.481 e. The van der Waals surface area contributed by atoms with E-state index >= 15 is 0 Å². The van der Waals surface area contributed by atoms with Gasteiger partial charge in [0.25, 0.3) is 0 Å². The monoisotopic (exact) mass is 292 g/mol. The maximum Gasteiger partial charge on any atom is 0.313 e. The zero-order valence-corrected chi connectivity index (χ0v) is 12.9. The molecule has 20 heavy (non-hydrogen) atoms. The van der Waals surface area contributed by atoms with Gasteiger partial charge in [0.1, 0.15) is 0 Å². The molecule has 0 aliphatic heterocycles. The van der Waals surface area contributed by atoms with Crippen molar-refractivity contribution in [1.29, 1.82) is 0 Å². The van der Waals surface area contributed by atoms with Crippen molar-refractivity contribution >= 4 is 28.8 Å². The summed E-state index contributed by atoms with van der Waals surface area (Å²) < 4.78 is 2.17. The standard InChI is InChI=1S/C15H20N2O2S/c1-4-10(2)8-17-14-11(3)6-5-7-12(14)16-15(17)20-9-13(18)19/h5-7,10H,4,8-9H2,1-3H3,(H,18,19). The number of carboxylic acids is 1. The summed E-state index contributed by atoms with van der Waals surface area (Å²) in [5.41, 5.74) is 3.25. The van der Waals surface area contributed by atoms with Crippen molar-refractivity contribution in [2.75, 3.05) is 5.75 Å². The number of carbonyl (C=O) groups is 1. The molecule has 2 rings (SSSR count). The van der Waals surface area contributed by atoms with E-state index in [0.717, 1.165) is 29.2 Å². The van der Waals surface area contributed by atoms with Crippen LogP contribution in [0.3, 0.4) is 0 Å². The van der Waals surface area contributed by atoms with Crippen LogP contribution in [0.2, 0.25) is 0 Å². The first kappa shape index (κ1) is 14.9. The molecule has 108 valence electrons. The lowest BCUT2D eigenvalue weighted by Gasteiger charge is -2.14. The Morgan fingerprint density at radius 1 is 1.50 bits per heavy atom. The fourth-order valence-corrected chi connectivity index (χ4v) is 2.93. The minimum atomic E-state index is -0.811. The second kappa shape index (κ2) is 6.31. The number of aromatic nitrogens is 2. The third kappa shape index (κ3) is 3.15. The summed E-state index contributed by atoms with van der Waals surface area (Å²) >= 11 is 1.29. The number of fused-ring (bicyclic) bond motifs is 1. The molecule has 1 aromatic carbocycles. The molecule has 0 saturated carbocycles. The minimum absolute atomic E-state index is 0.0445. The third-order valence-electron chi connectivity index (χ3n) is 3.45. The highest BCUT2D eigenvalue weighted by Gasteiger charge is 2.15. The van der Waals surface area contributed by atoms with E-state index in [1.54, 1.807) is 0 Å². The lowest BCUT2D eigenvalue weighted by atomic mass is 10.1. The molecular weight excluding hydrogens is 272 g/mol. The zero-order valence-electron chi connectivity index (χ0n) is 12.1. The van der Waals surface area contributed by atoms with Crippen molar-refractivity contribution < 1.29 is 9.90 Å². The Kier molecular flexibility index (Phi) is 4.70. The van der Waals surface area contributed by atoms with Crippen LogP contribution < -0.4 is 0 Å². The smallest absolute Gasteiger partial charge is 0.313 e. The van der Waals surface area contributed by atoms with Gasteiger partial charge in [0.2, 0.25) is 0 Å². The van der Waals surface area contributed by atoms with Gasteiger partial charge in [-0.25, -0.2) is 4.98 Å². The van der Waals surface area contributed by atoms with E-state index in [-0.39, 0.29) is 5.75 Å². The number of para-hydroxylation sites is 1. The summed E-state index contributed by atoms with van der Waals surface area (Å²) in [6.45, 7) is 7.32. The molecule has 2 aromatic rings. The first-order chi connectivity index (χ1) is 9.52. The predicted octanol–water partition coefficient (Wildman–Crippen LogP) is 3.57. The third-order valence-corrected chi connectivity index (χ3v) is 4.41. The Hall–Kier alpha value is -1.49. The number of carboxylic acid groups (broad SMARTS) is 1. The maximum atomic E-state index is 10.8. The van der Waals surface area contributed by atoms with Gasteiger partial charge in [-0.1, -0.05) is 44.2 Å². The average molecular weight is 292 g/mol. The van der Waals surface area contributed by atoms with Gasteiger partial charge in [0.05, 0.1) is 16.8 Å². The highest BCUT2D eigenvalue weighted by atomic mass is 32.2. The molecule has 1 heterocycles. The van der Waals surface area contributed by atoms with Gasteiger partial charge in [0, 0.05) is 6.54 Å². The number of hydrogen-bond acceptors (Lipinski definition) is 3. The largest absolute Gasteiger partial charge is 0.481 e. The van der Waals surface area contributed by atoms with Gasteiger partial charge in [-0.2, -0.15) is 0 Å². The highest BCUT2D eigenvalue weighted by Crippen LogP contribution is 2.27. The van der Waals surface area contributed by atoms with Crippen LogP contribution in [-0.2, 0) is 11.3 Å². The molecule has 4 nitrogen and oxygen atoms in total. The van der Waals surface area contributed by atoms with Gasteiger partial charge >= 0.3 is 5.97 Å². The summed E-state index contributed by atoms with van der Waals surface area (Å²) in [6, 6.07) is 6.05. The molecule has 1 aromatic heterocycles. The van der Waals surface area contributed by atoms with Crippen molar-refractivity contribution in [3.05, 3.63) is 23.8 Å². The van der Waals surface area contributed by atoms with Crippen LogP contribution in [0.15, 0.2) is 23.4 Å². The van der Waals surface area contributed by atoms with E-state index in [9.17, 15) is 4.79 Å². The summed E-state index contributed by atoms with van der Waals surface area (Å²) in [4.78, 5) is 15.4. The molecule has 0 aliphatic rings. The van der Waals surface area contributed by atoms with Crippen LogP contribution in [0.4, 0.5) is 0 Å². The fourth-order valence-electron chi connectivity index (χ4n) is 2.19. The lowest BCUT2D eigenvalue weighted by molar-refractivity contribution is -0.133. The first-order valence-electron chi connectivity index (χ1n) is 6.83. The molecule has 0 aliphatic carbocycles. The average Bonchev–Trinajstić information content (AvgIpc) is 2.75. The van der Waals surface area contributed by atoms with E-state index in [0.29, 0.717) is 5.92 Å². The molecule has 0 spiro atoms. The van der Waals surface area contributed by atoms with Crippen molar-refractivity contribution in [3.63, 3.8) is 0 Å². The summed E-state index contributed by atoms with van der Waals surface area (Å²) in [6.07, 6.45) is 1.09. The number of nitrogens with zero attached hydrogens (tertiary/aromatic N) is 2. The highest BCUT2D eigenvalue weighted by molar-refractivity contribution is 7.99. The van der Waals surface area contributed by atoms with Crippen molar-refractivity contribution in [3.8, 4) is 0 Å². The van der Waals surface area contributed by atoms with Crippen LogP contribution in [0.1, 0.15) is 25.8 Å². The number of aliphatic carboxylic acids is 1.